The number of aromatic amines is 1. The molecule has 0 spiro atoms. The molecule has 0 radical (unpaired) electrons. The van der Waals surface area contributed by atoms with Gasteiger partial charge in [0.15, 0.2) is 10.6 Å². The molecule has 19 heavy (non-hydrogen) atoms. The highest BCUT2D eigenvalue weighted by atomic mass is 32.1. The number of aryl methyl sites for hydroxylation is 1. The molecule has 7 heteroatoms. The van der Waals surface area contributed by atoms with Gasteiger partial charge in [0.05, 0.1) is 11.3 Å². The van der Waals surface area contributed by atoms with Crippen molar-refractivity contribution in [2.24, 2.45) is 7.05 Å². The summed E-state index contributed by atoms with van der Waals surface area (Å²) in [5, 5.41) is 11.1. The van der Waals surface area contributed by atoms with Gasteiger partial charge in [-0.15, -0.1) is 0 Å². The summed E-state index contributed by atoms with van der Waals surface area (Å²) in [6.45, 7) is 6.69. The molecule has 1 N–H and O–H groups in total. The molecule has 0 aliphatic carbocycles. The fourth-order valence-electron chi connectivity index (χ4n) is 1.89. The lowest BCUT2D eigenvalue weighted by molar-refractivity contribution is 0.652. The van der Waals surface area contributed by atoms with Crippen molar-refractivity contribution in [1.82, 2.24) is 24.5 Å². The van der Waals surface area contributed by atoms with Crippen molar-refractivity contribution in [3.63, 3.8) is 0 Å². The van der Waals surface area contributed by atoms with Crippen LogP contribution in [0.25, 0.3) is 11.4 Å². The van der Waals surface area contributed by atoms with E-state index in [2.05, 4.69) is 15.3 Å². The van der Waals surface area contributed by atoms with Gasteiger partial charge in [0.25, 0.3) is 5.56 Å². The Hall–Kier alpha value is -1.76. The molecule has 0 unspecified atom stereocenters. The molecule has 0 aliphatic heterocycles. The molecular formula is C12H17N5OS. The van der Waals surface area contributed by atoms with Gasteiger partial charge >= 0.3 is 0 Å². The van der Waals surface area contributed by atoms with Crippen molar-refractivity contribution in [2.75, 3.05) is 0 Å². The number of aromatic nitrogens is 5. The van der Waals surface area contributed by atoms with Crippen LogP contribution in [0.2, 0.25) is 0 Å². The van der Waals surface area contributed by atoms with Crippen LogP contribution in [0.3, 0.4) is 0 Å². The van der Waals surface area contributed by atoms with Crippen LogP contribution >= 0.6 is 12.2 Å². The first-order chi connectivity index (χ1) is 8.95. The quantitative estimate of drug-likeness (QED) is 0.871. The highest BCUT2D eigenvalue weighted by Gasteiger charge is 2.15. The van der Waals surface area contributed by atoms with Crippen LogP contribution in [0.15, 0.2) is 10.9 Å². The van der Waals surface area contributed by atoms with E-state index in [1.165, 1.54) is 4.68 Å². The Morgan fingerprint density at radius 3 is 2.74 bits per heavy atom. The van der Waals surface area contributed by atoms with Gasteiger partial charge in [0.1, 0.15) is 0 Å². The minimum absolute atomic E-state index is 0.173. The molecule has 0 aromatic carbocycles. The molecule has 6 nitrogen and oxygen atoms in total. The fraction of sp³-hybridized carbons (Fsp3) is 0.500. The van der Waals surface area contributed by atoms with E-state index in [0.29, 0.717) is 22.7 Å². The molecule has 2 rings (SSSR count). The molecule has 102 valence electrons. The molecule has 0 bridgehead atoms. The standard InChI is InChI=1S/C12H17N5OS/c1-5-17-10(13-14-12(17)19)8-6-9(7(2)3)15-16(4)11(8)18/h6-7H,5H2,1-4H3,(H,14,19). The number of nitrogens with zero attached hydrogens (tertiary/aromatic N) is 4. The summed E-state index contributed by atoms with van der Waals surface area (Å²) in [6, 6.07) is 1.80. The lowest BCUT2D eigenvalue weighted by Gasteiger charge is -2.09. The monoisotopic (exact) mass is 279 g/mol. The predicted octanol–water partition coefficient (Wildman–Crippen LogP) is 1.84. The first kappa shape index (κ1) is 13.7. The molecule has 0 saturated carbocycles. The van der Waals surface area contributed by atoms with Crippen molar-refractivity contribution in [2.45, 2.75) is 33.2 Å². The summed E-state index contributed by atoms with van der Waals surface area (Å²) < 4.78 is 3.67. The summed E-state index contributed by atoms with van der Waals surface area (Å²) in [4.78, 5) is 12.2. The van der Waals surface area contributed by atoms with Gasteiger partial charge in [-0.1, -0.05) is 13.8 Å². The first-order valence-electron chi connectivity index (χ1n) is 6.19. The van der Waals surface area contributed by atoms with E-state index in [9.17, 15) is 4.79 Å². The van der Waals surface area contributed by atoms with Gasteiger partial charge in [-0.25, -0.2) is 4.68 Å². The topological polar surface area (TPSA) is 68.5 Å². The molecular weight excluding hydrogens is 262 g/mol. The van der Waals surface area contributed by atoms with Crippen molar-refractivity contribution in [3.05, 3.63) is 26.9 Å². The smallest absolute Gasteiger partial charge is 0.277 e. The SMILES string of the molecule is CCn1c(-c2cc(C(C)C)nn(C)c2=O)n[nH]c1=S. The predicted molar refractivity (Wildman–Crippen MR) is 75.6 cm³/mol. The summed E-state index contributed by atoms with van der Waals surface area (Å²) in [5.74, 6) is 0.806. The van der Waals surface area contributed by atoms with Gasteiger partial charge in [0, 0.05) is 13.6 Å². The highest BCUT2D eigenvalue weighted by molar-refractivity contribution is 7.71. The maximum Gasteiger partial charge on any atom is 0.277 e. The summed E-state index contributed by atoms with van der Waals surface area (Å²) in [6.07, 6.45) is 0. The number of nitrogens with one attached hydrogen (secondary N) is 1. The molecule has 0 atom stereocenters. The Morgan fingerprint density at radius 1 is 1.47 bits per heavy atom. The number of hydrogen-bond donors (Lipinski definition) is 1. The van der Waals surface area contributed by atoms with Crippen LogP contribution in [0.5, 0.6) is 0 Å². The Kier molecular flexibility index (Phi) is 3.66. The van der Waals surface area contributed by atoms with Crippen molar-refractivity contribution in [1.29, 1.82) is 0 Å². The first-order valence-corrected chi connectivity index (χ1v) is 6.60. The average molecular weight is 279 g/mol. The average Bonchev–Trinajstić information content (AvgIpc) is 2.73. The Bertz CT molecular complexity index is 710. The lowest BCUT2D eigenvalue weighted by Crippen LogP contribution is -2.24. The van der Waals surface area contributed by atoms with E-state index >= 15 is 0 Å². The Labute approximate surface area is 116 Å². The lowest BCUT2D eigenvalue weighted by atomic mass is 10.1. The third-order valence-corrected chi connectivity index (χ3v) is 3.30. The summed E-state index contributed by atoms with van der Waals surface area (Å²) in [7, 11) is 1.65. The molecule has 2 aromatic heterocycles. The van der Waals surface area contributed by atoms with Gasteiger partial charge in [-0.05, 0) is 31.1 Å². The normalized spacial score (nSPS) is 11.2. The number of hydrogen-bond acceptors (Lipinski definition) is 4. The molecule has 0 amide bonds. The molecule has 0 aliphatic rings. The second-order valence-corrected chi connectivity index (χ2v) is 5.05. The van der Waals surface area contributed by atoms with Crippen molar-refractivity contribution >= 4 is 12.2 Å². The zero-order valence-electron chi connectivity index (χ0n) is 11.5. The highest BCUT2D eigenvalue weighted by Crippen LogP contribution is 2.17. The molecule has 2 aromatic rings. The van der Waals surface area contributed by atoms with Crippen molar-refractivity contribution in [3.8, 4) is 11.4 Å². The summed E-state index contributed by atoms with van der Waals surface area (Å²) in [5.41, 5.74) is 1.21. The van der Waals surface area contributed by atoms with Gasteiger partial charge in [0.2, 0.25) is 0 Å². The van der Waals surface area contributed by atoms with Crippen LogP contribution in [0, 0.1) is 4.77 Å². The summed E-state index contributed by atoms with van der Waals surface area (Å²) >= 11 is 5.15. The number of H-pyrrole nitrogens is 1. The van der Waals surface area contributed by atoms with Crippen LogP contribution < -0.4 is 5.56 Å². The minimum Gasteiger partial charge on any atom is -0.300 e. The van der Waals surface area contributed by atoms with Crippen LogP contribution in [0.1, 0.15) is 32.4 Å². The molecule has 0 saturated heterocycles. The maximum atomic E-state index is 12.2. The zero-order valence-corrected chi connectivity index (χ0v) is 12.3. The van der Waals surface area contributed by atoms with E-state index in [4.69, 9.17) is 12.2 Å². The molecule has 2 heterocycles. The largest absolute Gasteiger partial charge is 0.300 e. The van der Waals surface area contributed by atoms with Crippen LogP contribution in [-0.2, 0) is 13.6 Å². The minimum atomic E-state index is -0.173. The maximum absolute atomic E-state index is 12.2. The number of rotatable bonds is 3. The second-order valence-electron chi connectivity index (χ2n) is 4.66. The van der Waals surface area contributed by atoms with E-state index in [-0.39, 0.29) is 11.5 Å². The Morgan fingerprint density at radius 2 is 2.16 bits per heavy atom. The van der Waals surface area contributed by atoms with Gasteiger partial charge in [-0.2, -0.15) is 10.2 Å². The van der Waals surface area contributed by atoms with Crippen LogP contribution in [0.4, 0.5) is 0 Å². The fourth-order valence-corrected chi connectivity index (χ4v) is 2.15. The van der Waals surface area contributed by atoms with E-state index in [0.717, 1.165) is 5.69 Å². The van der Waals surface area contributed by atoms with Crippen LogP contribution in [-0.4, -0.2) is 24.5 Å². The van der Waals surface area contributed by atoms with Gasteiger partial charge < -0.3 is 4.57 Å². The molecule has 0 fully saturated rings. The third kappa shape index (κ3) is 2.37. The van der Waals surface area contributed by atoms with E-state index in [1.807, 2.05) is 20.8 Å². The third-order valence-electron chi connectivity index (χ3n) is 2.99. The van der Waals surface area contributed by atoms with Gasteiger partial charge in [-0.3, -0.25) is 9.89 Å². The van der Waals surface area contributed by atoms with E-state index < -0.39 is 0 Å². The Balaban J connectivity index is 2.74. The van der Waals surface area contributed by atoms with Crippen molar-refractivity contribution < 1.29 is 0 Å². The second kappa shape index (κ2) is 5.08. The zero-order chi connectivity index (χ0) is 14.2. The van der Waals surface area contributed by atoms with E-state index in [1.54, 1.807) is 17.7 Å².